The molecule has 0 N–H and O–H groups in total. The van der Waals surface area contributed by atoms with Gasteiger partial charge in [-0.05, 0) is 25.0 Å². The van der Waals surface area contributed by atoms with Crippen LogP contribution in [-0.4, -0.2) is 5.91 Å². The van der Waals surface area contributed by atoms with E-state index in [9.17, 15) is 4.79 Å². The predicted octanol–water partition coefficient (Wildman–Crippen LogP) is 2.18. The van der Waals surface area contributed by atoms with Crippen LogP contribution in [0.3, 0.4) is 0 Å². The van der Waals surface area contributed by atoms with Crippen molar-refractivity contribution >= 4 is 5.91 Å². The number of fused-ring (bicyclic) bond motifs is 2. The quantitative estimate of drug-likeness (QED) is 0.536. The van der Waals surface area contributed by atoms with Crippen LogP contribution in [0.1, 0.15) is 32.7 Å². The lowest BCUT2D eigenvalue weighted by atomic mass is 9.92. The number of hydrogen-bond donors (Lipinski definition) is 0. The van der Waals surface area contributed by atoms with E-state index in [1.165, 1.54) is 5.56 Å². The van der Waals surface area contributed by atoms with E-state index in [2.05, 4.69) is 19.1 Å². The normalized spacial score (nSPS) is 13.2. The third-order valence-corrected chi connectivity index (χ3v) is 3.31. The lowest BCUT2D eigenvalue weighted by molar-refractivity contribution is -0.580. The summed E-state index contributed by atoms with van der Waals surface area (Å²) in [4.78, 5) is 12.4. The topological polar surface area (TPSA) is 20.9 Å². The molecule has 0 atom stereocenters. The summed E-state index contributed by atoms with van der Waals surface area (Å²) in [6, 6.07) is 10.1. The summed E-state index contributed by atoms with van der Waals surface area (Å²) in [7, 11) is 0. The van der Waals surface area contributed by atoms with Gasteiger partial charge in [0.2, 0.25) is 0 Å². The van der Waals surface area contributed by atoms with Crippen molar-refractivity contribution in [1.29, 1.82) is 0 Å². The Balaban J connectivity index is 2.27. The molecule has 2 nitrogen and oxygen atoms in total. The first-order valence-electron chi connectivity index (χ1n) is 5.81. The van der Waals surface area contributed by atoms with Gasteiger partial charge in [0.25, 0.3) is 0 Å². The minimum atomic E-state index is 0.0966. The molecule has 0 saturated carbocycles. The van der Waals surface area contributed by atoms with E-state index in [1.807, 2.05) is 31.3 Å². The van der Waals surface area contributed by atoms with Gasteiger partial charge in [-0.2, -0.15) is 0 Å². The maximum absolute atomic E-state index is 12.4. The average Bonchev–Trinajstić information content (AvgIpc) is 2.28. The minimum absolute atomic E-state index is 0.0966. The molecule has 0 saturated heterocycles. The third-order valence-electron chi connectivity index (χ3n) is 3.31. The van der Waals surface area contributed by atoms with Crippen LogP contribution >= 0.6 is 0 Å². The fourth-order valence-electron chi connectivity index (χ4n) is 2.64. The summed E-state index contributed by atoms with van der Waals surface area (Å²) in [5.41, 5.74) is 5.39. The van der Waals surface area contributed by atoms with Crippen molar-refractivity contribution < 1.29 is 9.36 Å². The maximum atomic E-state index is 12.4. The lowest BCUT2D eigenvalue weighted by Crippen LogP contribution is -2.49. The van der Waals surface area contributed by atoms with Gasteiger partial charge in [0, 0.05) is 12.1 Å². The van der Waals surface area contributed by atoms with Crippen LogP contribution in [0.4, 0.5) is 0 Å². The first-order chi connectivity index (χ1) is 8.16. The SMILES string of the molecule is Cc1cc(C)c2c(c1)Cc1cccc[n+]1C2=O. The monoisotopic (exact) mass is 224 g/mol. The molecule has 1 aromatic heterocycles. The Bertz CT molecular complexity index is 629. The number of aryl methyl sites for hydroxylation is 2. The van der Waals surface area contributed by atoms with Crippen LogP contribution in [0.25, 0.3) is 0 Å². The predicted molar refractivity (Wildman–Crippen MR) is 65.1 cm³/mol. The second-order valence-electron chi connectivity index (χ2n) is 4.66. The Morgan fingerprint density at radius 1 is 1.18 bits per heavy atom. The molecule has 1 aliphatic heterocycles. The lowest BCUT2D eigenvalue weighted by Gasteiger charge is -2.15. The zero-order chi connectivity index (χ0) is 12.0. The first kappa shape index (κ1) is 10.2. The number of benzene rings is 1. The van der Waals surface area contributed by atoms with Gasteiger partial charge in [0.05, 0.1) is 12.0 Å². The van der Waals surface area contributed by atoms with Crippen molar-refractivity contribution in [3.8, 4) is 0 Å². The fraction of sp³-hybridized carbons (Fsp3) is 0.200. The molecule has 2 heteroatoms. The summed E-state index contributed by atoms with van der Waals surface area (Å²) in [5, 5.41) is 0. The molecule has 2 heterocycles. The van der Waals surface area contributed by atoms with E-state index < -0.39 is 0 Å². The van der Waals surface area contributed by atoms with Crippen LogP contribution in [0.15, 0.2) is 36.5 Å². The van der Waals surface area contributed by atoms with Gasteiger partial charge in [-0.15, -0.1) is 4.57 Å². The molecule has 0 unspecified atom stereocenters. The molecule has 2 aromatic rings. The zero-order valence-corrected chi connectivity index (χ0v) is 10.0. The zero-order valence-electron chi connectivity index (χ0n) is 10.0. The molecule has 3 rings (SSSR count). The van der Waals surface area contributed by atoms with Crippen molar-refractivity contribution in [3.63, 3.8) is 0 Å². The molecule has 84 valence electrons. The van der Waals surface area contributed by atoms with E-state index in [4.69, 9.17) is 0 Å². The van der Waals surface area contributed by atoms with Crippen molar-refractivity contribution in [3.05, 3.63) is 64.5 Å². The van der Waals surface area contributed by atoms with E-state index in [0.29, 0.717) is 0 Å². The largest absolute Gasteiger partial charge is 0.425 e. The standard InChI is InChI=1S/C15H14NO/c1-10-7-11(2)14-12(8-10)9-13-5-3-4-6-16(13)15(14)17/h3-8H,9H2,1-2H3/q+1. The highest BCUT2D eigenvalue weighted by atomic mass is 16.2. The molecule has 17 heavy (non-hydrogen) atoms. The third kappa shape index (κ3) is 1.48. The molecular formula is C15H14NO+. The van der Waals surface area contributed by atoms with Gasteiger partial charge in [-0.1, -0.05) is 23.8 Å². The number of carbonyl (C=O) groups is 1. The molecular weight excluding hydrogens is 210 g/mol. The van der Waals surface area contributed by atoms with Crippen LogP contribution < -0.4 is 4.57 Å². The van der Waals surface area contributed by atoms with E-state index in [1.54, 1.807) is 4.57 Å². The Labute approximate surface area is 101 Å². The number of hydrogen-bond acceptors (Lipinski definition) is 1. The van der Waals surface area contributed by atoms with Crippen LogP contribution in [0.5, 0.6) is 0 Å². The van der Waals surface area contributed by atoms with Gasteiger partial charge in [-0.3, -0.25) is 0 Å². The Hall–Kier alpha value is -1.96. The summed E-state index contributed by atoms with van der Waals surface area (Å²) in [5.74, 6) is 0.0966. The van der Waals surface area contributed by atoms with E-state index in [-0.39, 0.29) is 5.91 Å². The Kier molecular flexibility index (Phi) is 2.11. The fourth-order valence-corrected chi connectivity index (χ4v) is 2.64. The second-order valence-corrected chi connectivity index (χ2v) is 4.66. The van der Waals surface area contributed by atoms with Crippen LogP contribution in [-0.2, 0) is 6.42 Å². The highest BCUT2D eigenvalue weighted by Crippen LogP contribution is 2.22. The Morgan fingerprint density at radius 2 is 2.00 bits per heavy atom. The average molecular weight is 224 g/mol. The van der Waals surface area contributed by atoms with Gasteiger partial charge < -0.3 is 0 Å². The molecule has 1 aliphatic rings. The number of aromatic nitrogens is 1. The van der Waals surface area contributed by atoms with Gasteiger partial charge in [-0.25, -0.2) is 4.79 Å². The highest BCUT2D eigenvalue weighted by molar-refractivity contribution is 5.92. The summed E-state index contributed by atoms with van der Waals surface area (Å²) in [6.45, 7) is 4.09. The minimum Gasteiger partial charge on any atom is -0.214 e. The van der Waals surface area contributed by atoms with Crippen molar-refractivity contribution in [1.82, 2.24) is 0 Å². The van der Waals surface area contributed by atoms with Crippen molar-refractivity contribution in [2.45, 2.75) is 20.3 Å². The van der Waals surface area contributed by atoms with Crippen LogP contribution in [0.2, 0.25) is 0 Å². The number of pyridine rings is 1. The molecule has 0 radical (unpaired) electrons. The number of carbonyl (C=O) groups excluding carboxylic acids is 1. The van der Waals surface area contributed by atoms with Crippen molar-refractivity contribution in [2.24, 2.45) is 0 Å². The molecule has 1 aromatic carbocycles. The first-order valence-corrected chi connectivity index (χ1v) is 5.81. The molecule has 0 amide bonds. The van der Waals surface area contributed by atoms with E-state index in [0.717, 1.165) is 28.8 Å². The molecule has 0 spiro atoms. The smallest absolute Gasteiger partial charge is 0.214 e. The maximum Gasteiger partial charge on any atom is 0.425 e. The summed E-state index contributed by atoms with van der Waals surface area (Å²) in [6.07, 6.45) is 2.68. The number of nitrogens with zero attached hydrogens (tertiary/aromatic N) is 1. The summed E-state index contributed by atoms with van der Waals surface area (Å²) >= 11 is 0. The van der Waals surface area contributed by atoms with Gasteiger partial charge in [0.15, 0.2) is 11.9 Å². The summed E-state index contributed by atoms with van der Waals surface area (Å²) < 4.78 is 1.75. The van der Waals surface area contributed by atoms with Crippen LogP contribution in [0, 0.1) is 13.8 Å². The number of rotatable bonds is 0. The Morgan fingerprint density at radius 3 is 2.82 bits per heavy atom. The van der Waals surface area contributed by atoms with Crippen molar-refractivity contribution in [2.75, 3.05) is 0 Å². The molecule has 0 bridgehead atoms. The van der Waals surface area contributed by atoms with Gasteiger partial charge in [0.1, 0.15) is 0 Å². The second kappa shape index (κ2) is 3.52. The van der Waals surface area contributed by atoms with E-state index >= 15 is 0 Å². The molecule has 0 aliphatic carbocycles. The highest BCUT2D eigenvalue weighted by Gasteiger charge is 2.31. The molecule has 0 fully saturated rings. The van der Waals surface area contributed by atoms with Gasteiger partial charge >= 0.3 is 5.91 Å².